The molecule has 0 saturated heterocycles. The molecule has 1 fully saturated rings. The van der Waals surface area contributed by atoms with E-state index < -0.39 is 34.7 Å². The van der Waals surface area contributed by atoms with Gasteiger partial charge in [0.2, 0.25) is 5.82 Å². The van der Waals surface area contributed by atoms with Gasteiger partial charge in [-0.05, 0) is 24.8 Å². The monoisotopic (exact) mass is 310 g/mol. The average Bonchev–Trinajstić information content (AvgIpc) is 3.21. The molecule has 4 N–H and O–H groups in total. The number of amides is 1. The fraction of sp³-hybridized carbons (Fsp3) is 0.417. The van der Waals surface area contributed by atoms with Gasteiger partial charge < -0.3 is 16.2 Å². The third kappa shape index (κ3) is 3.34. The largest absolute Gasteiger partial charge is 0.503 e. The molecule has 1 atom stereocenters. The zero-order valence-electron chi connectivity index (χ0n) is 10.3. The second-order valence-corrected chi connectivity index (χ2v) is 4.59. The van der Waals surface area contributed by atoms with E-state index in [1.807, 2.05) is 0 Å². The summed E-state index contributed by atoms with van der Waals surface area (Å²) in [7, 11) is 0. The fourth-order valence-corrected chi connectivity index (χ4v) is 1.75. The molecule has 1 aliphatic rings. The Balaban J connectivity index is 0.00000200. The number of phenolic OH excluding ortho intramolecular Hbond substituents is 1. The third-order valence-electron chi connectivity index (χ3n) is 3.10. The van der Waals surface area contributed by atoms with E-state index in [1.165, 1.54) is 0 Å². The van der Waals surface area contributed by atoms with Gasteiger partial charge in [0.25, 0.3) is 5.91 Å². The van der Waals surface area contributed by atoms with E-state index in [0.717, 1.165) is 12.8 Å². The maximum absolute atomic E-state index is 13.4. The van der Waals surface area contributed by atoms with Gasteiger partial charge in [-0.2, -0.15) is 4.39 Å². The Bertz CT molecular complexity index is 524. The second-order valence-electron chi connectivity index (χ2n) is 4.59. The van der Waals surface area contributed by atoms with Crippen LogP contribution in [-0.2, 0) is 0 Å². The summed E-state index contributed by atoms with van der Waals surface area (Å²) < 4.78 is 39.3. The molecule has 4 nitrogen and oxygen atoms in total. The molecule has 0 aromatic heterocycles. The average molecular weight is 311 g/mol. The van der Waals surface area contributed by atoms with Crippen LogP contribution < -0.4 is 11.1 Å². The maximum Gasteiger partial charge on any atom is 0.254 e. The van der Waals surface area contributed by atoms with E-state index in [1.54, 1.807) is 0 Å². The molecule has 0 bridgehead atoms. The van der Waals surface area contributed by atoms with Crippen molar-refractivity contribution < 1.29 is 23.1 Å². The topological polar surface area (TPSA) is 75.3 Å². The minimum atomic E-state index is -1.72. The van der Waals surface area contributed by atoms with Gasteiger partial charge in [0, 0.05) is 12.6 Å². The highest BCUT2D eigenvalue weighted by atomic mass is 35.5. The van der Waals surface area contributed by atoms with Crippen LogP contribution >= 0.6 is 12.4 Å². The highest BCUT2D eigenvalue weighted by molar-refractivity contribution is 5.95. The van der Waals surface area contributed by atoms with Gasteiger partial charge >= 0.3 is 0 Å². The Morgan fingerprint density at radius 1 is 1.40 bits per heavy atom. The summed E-state index contributed by atoms with van der Waals surface area (Å²) in [6.45, 7) is 0.114. The quantitative estimate of drug-likeness (QED) is 0.741. The van der Waals surface area contributed by atoms with E-state index in [-0.39, 0.29) is 25.0 Å². The molecule has 0 heterocycles. The summed E-state index contributed by atoms with van der Waals surface area (Å²) >= 11 is 0. The molecule has 20 heavy (non-hydrogen) atoms. The molecule has 1 saturated carbocycles. The van der Waals surface area contributed by atoms with Crippen LogP contribution in [0.25, 0.3) is 0 Å². The van der Waals surface area contributed by atoms with E-state index in [9.17, 15) is 18.0 Å². The lowest BCUT2D eigenvalue weighted by Crippen LogP contribution is -2.38. The van der Waals surface area contributed by atoms with Crippen molar-refractivity contribution in [2.45, 2.75) is 18.9 Å². The second kappa shape index (κ2) is 6.32. The lowest BCUT2D eigenvalue weighted by Gasteiger charge is -2.12. The molecular weight excluding hydrogens is 297 g/mol. The van der Waals surface area contributed by atoms with Crippen molar-refractivity contribution in [2.24, 2.45) is 11.7 Å². The van der Waals surface area contributed by atoms with E-state index in [0.29, 0.717) is 12.0 Å². The van der Waals surface area contributed by atoms with Crippen LogP contribution in [0.1, 0.15) is 23.2 Å². The van der Waals surface area contributed by atoms with Crippen molar-refractivity contribution >= 4 is 18.3 Å². The summed E-state index contributed by atoms with van der Waals surface area (Å²) in [5, 5.41) is 11.3. The number of carbonyl (C=O) groups excluding carboxylic acids is 1. The number of hydrogen-bond acceptors (Lipinski definition) is 3. The Morgan fingerprint density at radius 3 is 2.55 bits per heavy atom. The molecule has 8 heteroatoms. The maximum atomic E-state index is 13.4. The normalized spacial score (nSPS) is 15.4. The van der Waals surface area contributed by atoms with Gasteiger partial charge in [-0.1, -0.05) is 0 Å². The predicted octanol–water partition coefficient (Wildman–Crippen LogP) is 1.70. The highest BCUT2D eigenvalue weighted by Gasteiger charge is 2.29. The summed E-state index contributed by atoms with van der Waals surface area (Å²) in [5.41, 5.74) is 4.98. The van der Waals surface area contributed by atoms with Crippen molar-refractivity contribution in [2.75, 3.05) is 6.54 Å². The van der Waals surface area contributed by atoms with Gasteiger partial charge in [-0.3, -0.25) is 4.79 Å². The molecule has 2 rings (SSSR count). The van der Waals surface area contributed by atoms with Gasteiger partial charge in [-0.15, -0.1) is 12.4 Å². The van der Waals surface area contributed by atoms with E-state index in [2.05, 4.69) is 5.32 Å². The van der Waals surface area contributed by atoms with Gasteiger partial charge in [-0.25, -0.2) is 8.78 Å². The highest BCUT2D eigenvalue weighted by Crippen LogP contribution is 2.31. The Labute approximate surface area is 119 Å². The number of hydrogen-bond donors (Lipinski definition) is 3. The molecule has 112 valence electrons. The number of nitrogens with one attached hydrogen (secondary N) is 1. The number of nitrogens with two attached hydrogens (primary N) is 1. The summed E-state index contributed by atoms with van der Waals surface area (Å²) in [5.74, 6) is -6.81. The zero-order chi connectivity index (χ0) is 14.2. The van der Waals surface area contributed by atoms with Crippen molar-refractivity contribution in [1.82, 2.24) is 5.32 Å². The standard InChI is InChI=1S/C12H13F3N2O2.ClH/c13-7-3-6(9(14)11(18)10(7)15)12(19)17-4-8(16)5-1-2-5;/h3,5,8,18H,1-2,4,16H2,(H,17,19);1H. The van der Waals surface area contributed by atoms with E-state index >= 15 is 0 Å². The zero-order valence-corrected chi connectivity index (χ0v) is 11.1. The first kappa shape index (κ1) is 16.6. The summed E-state index contributed by atoms with van der Waals surface area (Å²) in [6.07, 6.45) is 1.97. The van der Waals surface area contributed by atoms with Gasteiger partial charge in [0.15, 0.2) is 17.4 Å². The summed E-state index contributed by atoms with van der Waals surface area (Å²) in [6, 6.07) is 0.161. The van der Waals surface area contributed by atoms with Crippen molar-refractivity contribution in [1.29, 1.82) is 0 Å². The van der Waals surface area contributed by atoms with E-state index in [4.69, 9.17) is 10.8 Å². The Kier molecular flexibility index (Phi) is 5.24. The van der Waals surface area contributed by atoms with Crippen LogP contribution in [0, 0.1) is 23.4 Å². The Morgan fingerprint density at radius 2 is 2.00 bits per heavy atom. The first-order valence-corrected chi connectivity index (χ1v) is 5.82. The lowest BCUT2D eigenvalue weighted by molar-refractivity contribution is 0.0944. The number of halogens is 4. The first-order chi connectivity index (χ1) is 8.91. The van der Waals surface area contributed by atoms with Crippen LogP contribution in [0.3, 0.4) is 0 Å². The van der Waals surface area contributed by atoms with Crippen LogP contribution in [0.4, 0.5) is 13.2 Å². The SMILES string of the molecule is Cl.NC(CNC(=O)c1cc(F)c(F)c(O)c1F)C1CC1. The van der Waals surface area contributed by atoms with Crippen LogP contribution in [0.5, 0.6) is 5.75 Å². The molecule has 1 amide bonds. The number of rotatable bonds is 4. The van der Waals surface area contributed by atoms with Crippen LogP contribution in [0.2, 0.25) is 0 Å². The minimum absolute atomic E-state index is 0. The molecule has 1 aliphatic carbocycles. The smallest absolute Gasteiger partial charge is 0.254 e. The molecule has 0 radical (unpaired) electrons. The molecule has 1 aromatic carbocycles. The van der Waals surface area contributed by atoms with Crippen molar-refractivity contribution in [3.63, 3.8) is 0 Å². The lowest BCUT2D eigenvalue weighted by atomic mass is 10.1. The number of aromatic hydroxyl groups is 1. The minimum Gasteiger partial charge on any atom is -0.503 e. The predicted molar refractivity (Wildman–Crippen MR) is 68.3 cm³/mol. The molecule has 1 unspecified atom stereocenters. The molecule has 0 spiro atoms. The first-order valence-electron chi connectivity index (χ1n) is 5.82. The molecular formula is C12H14ClF3N2O2. The summed E-state index contributed by atoms with van der Waals surface area (Å²) in [4.78, 5) is 11.6. The van der Waals surface area contributed by atoms with Crippen molar-refractivity contribution in [3.8, 4) is 5.75 Å². The Hall–Kier alpha value is -1.47. The fourth-order valence-electron chi connectivity index (χ4n) is 1.75. The third-order valence-corrected chi connectivity index (χ3v) is 3.10. The van der Waals surface area contributed by atoms with Crippen LogP contribution in [0.15, 0.2) is 6.07 Å². The van der Waals surface area contributed by atoms with Crippen LogP contribution in [-0.4, -0.2) is 23.6 Å². The number of benzene rings is 1. The van der Waals surface area contributed by atoms with Gasteiger partial charge in [0.1, 0.15) is 0 Å². The molecule has 1 aromatic rings. The number of carbonyl (C=O) groups is 1. The van der Waals surface area contributed by atoms with Gasteiger partial charge in [0.05, 0.1) is 5.56 Å². The molecule has 0 aliphatic heterocycles. The van der Waals surface area contributed by atoms with Crippen molar-refractivity contribution in [3.05, 3.63) is 29.1 Å². The number of phenols is 1.